The first-order valence-electron chi connectivity index (χ1n) is 6.30. The van der Waals surface area contributed by atoms with Crippen molar-refractivity contribution in [2.24, 2.45) is 0 Å². The van der Waals surface area contributed by atoms with E-state index in [4.69, 9.17) is 4.42 Å². The van der Waals surface area contributed by atoms with E-state index < -0.39 is 6.10 Å². The highest BCUT2D eigenvalue weighted by Crippen LogP contribution is 2.27. The monoisotopic (exact) mass is 276 g/mol. The summed E-state index contributed by atoms with van der Waals surface area (Å²) in [6.45, 7) is 4.14. The largest absolute Gasteiger partial charge is 0.469 e. The number of thiazole rings is 1. The Balaban J connectivity index is 1.83. The number of imidazole rings is 1. The average molecular weight is 276 g/mol. The molecule has 0 spiro atoms. The summed E-state index contributed by atoms with van der Waals surface area (Å²) in [7, 11) is 0. The second-order valence-corrected chi connectivity index (χ2v) is 5.86. The zero-order valence-electron chi connectivity index (χ0n) is 11.0. The summed E-state index contributed by atoms with van der Waals surface area (Å²) in [5.41, 5.74) is 2.02. The Labute approximate surface area is 115 Å². The van der Waals surface area contributed by atoms with Crippen LogP contribution in [0, 0.1) is 13.8 Å². The van der Waals surface area contributed by atoms with Crippen LogP contribution < -0.4 is 0 Å². The van der Waals surface area contributed by atoms with Gasteiger partial charge >= 0.3 is 0 Å². The van der Waals surface area contributed by atoms with Crippen molar-refractivity contribution in [3.63, 3.8) is 0 Å². The zero-order valence-corrected chi connectivity index (χ0v) is 11.8. The first-order chi connectivity index (χ1) is 9.16. The summed E-state index contributed by atoms with van der Waals surface area (Å²) < 4.78 is 7.33. The van der Waals surface area contributed by atoms with E-state index in [1.165, 1.54) is 4.88 Å². The van der Waals surface area contributed by atoms with E-state index in [1.807, 2.05) is 16.5 Å². The van der Waals surface area contributed by atoms with Gasteiger partial charge in [0.05, 0.1) is 24.3 Å². The van der Waals surface area contributed by atoms with Gasteiger partial charge in [0.25, 0.3) is 0 Å². The van der Waals surface area contributed by atoms with Crippen LogP contribution in [0.5, 0.6) is 0 Å². The maximum absolute atomic E-state index is 10.3. The van der Waals surface area contributed by atoms with E-state index in [1.54, 1.807) is 23.8 Å². The molecular formula is C14H16N2O2S. The summed E-state index contributed by atoms with van der Waals surface area (Å²) >= 11 is 1.66. The van der Waals surface area contributed by atoms with Crippen molar-refractivity contribution < 1.29 is 9.52 Å². The summed E-state index contributed by atoms with van der Waals surface area (Å²) in [5.74, 6) is 0.901. The highest BCUT2D eigenvalue weighted by Gasteiger charge is 2.17. The van der Waals surface area contributed by atoms with E-state index >= 15 is 0 Å². The molecule has 4 nitrogen and oxygen atoms in total. The van der Waals surface area contributed by atoms with Gasteiger partial charge in [0.15, 0.2) is 4.96 Å². The molecule has 0 bridgehead atoms. The molecule has 3 rings (SSSR count). The van der Waals surface area contributed by atoms with E-state index in [-0.39, 0.29) is 0 Å². The van der Waals surface area contributed by atoms with Crippen LogP contribution in [0.1, 0.15) is 34.6 Å². The molecule has 0 aliphatic heterocycles. The third-order valence-corrected chi connectivity index (χ3v) is 4.50. The van der Waals surface area contributed by atoms with Crippen LogP contribution in [0.2, 0.25) is 0 Å². The summed E-state index contributed by atoms with van der Waals surface area (Å²) in [4.78, 5) is 6.55. The molecular weight excluding hydrogens is 260 g/mol. The number of hydrogen-bond acceptors (Lipinski definition) is 4. The summed E-state index contributed by atoms with van der Waals surface area (Å²) in [6, 6.07) is 3.80. The van der Waals surface area contributed by atoms with Crippen LogP contribution in [0.4, 0.5) is 0 Å². The fourth-order valence-corrected chi connectivity index (χ4v) is 3.19. The fraction of sp³-hybridized carbons (Fsp3) is 0.357. The molecule has 0 saturated carbocycles. The number of fused-ring (bicyclic) bond motifs is 1. The van der Waals surface area contributed by atoms with Gasteiger partial charge in [-0.15, -0.1) is 11.3 Å². The van der Waals surface area contributed by atoms with E-state index in [0.717, 1.165) is 28.5 Å². The van der Waals surface area contributed by atoms with Crippen molar-refractivity contribution in [3.05, 3.63) is 46.6 Å². The van der Waals surface area contributed by atoms with Gasteiger partial charge < -0.3 is 9.52 Å². The van der Waals surface area contributed by atoms with E-state index in [9.17, 15) is 5.11 Å². The molecule has 3 heterocycles. The molecule has 1 N–H and O–H groups in total. The number of aromatic nitrogens is 2. The van der Waals surface area contributed by atoms with Crippen molar-refractivity contribution in [1.82, 2.24) is 9.38 Å². The van der Waals surface area contributed by atoms with Gasteiger partial charge in [-0.25, -0.2) is 4.98 Å². The molecule has 3 aromatic heterocycles. The lowest BCUT2D eigenvalue weighted by Gasteiger charge is -2.09. The Bertz CT molecular complexity index is 682. The van der Waals surface area contributed by atoms with Gasteiger partial charge in [-0.1, -0.05) is 0 Å². The molecule has 0 radical (unpaired) electrons. The SMILES string of the molecule is Cc1sc2ncc(C(O)CCc3ccco3)n2c1C. The minimum Gasteiger partial charge on any atom is -0.469 e. The van der Waals surface area contributed by atoms with Crippen molar-refractivity contribution in [2.75, 3.05) is 0 Å². The molecule has 0 saturated heterocycles. The molecule has 1 atom stereocenters. The maximum atomic E-state index is 10.3. The van der Waals surface area contributed by atoms with Crippen LogP contribution in [0.25, 0.3) is 4.96 Å². The van der Waals surface area contributed by atoms with Gasteiger partial charge in [-0.05, 0) is 32.4 Å². The Hall–Kier alpha value is -1.59. The second-order valence-electron chi connectivity index (χ2n) is 4.68. The smallest absolute Gasteiger partial charge is 0.194 e. The van der Waals surface area contributed by atoms with Gasteiger partial charge in [0, 0.05) is 17.0 Å². The Morgan fingerprint density at radius 1 is 1.47 bits per heavy atom. The number of rotatable bonds is 4. The van der Waals surface area contributed by atoms with Crippen LogP contribution in [0.15, 0.2) is 29.0 Å². The third-order valence-electron chi connectivity index (χ3n) is 3.43. The maximum Gasteiger partial charge on any atom is 0.194 e. The fourth-order valence-electron chi connectivity index (χ4n) is 2.24. The molecule has 100 valence electrons. The quantitative estimate of drug-likeness (QED) is 0.795. The number of aliphatic hydroxyl groups excluding tert-OH is 1. The first kappa shape index (κ1) is 12.4. The van der Waals surface area contributed by atoms with E-state index in [0.29, 0.717) is 6.42 Å². The number of furan rings is 1. The van der Waals surface area contributed by atoms with Crippen LogP contribution in [-0.4, -0.2) is 14.5 Å². The van der Waals surface area contributed by atoms with Crippen molar-refractivity contribution in [2.45, 2.75) is 32.8 Å². The number of aliphatic hydroxyl groups is 1. The highest BCUT2D eigenvalue weighted by atomic mass is 32.1. The Kier molecular flexibility index (Phi) is 3.16. The zero-order chi connectivity index (χ0) is 13.4. The lowest BCUT2D eigenvalue weighted by atomic mass is 10.1. The molecule has 3 aromatic rings. The lowest BCUT2D eigenvalue weighted by molar-refractivity contribution is 0.159. The molecule has 0 aliphatic rings. The number of nitrogens with zero attached hydrogens (tertiary/aromatic N) is 2. The van der Waals surface area contributed by atoms with Crippen LogP contribution in [0.3, 0.4) is 0 Å². The van der Waals surface area contributed by atoms with Crippen molar-refractivity contribution in [1.29, 1.82) is 0 Å². The standard InChI is InChI=1S/C14H16N2O2S/c1-9-10(2)19-14-15-8-12(16(9)14)13(17)6-5-11-4-3-7-18-11/h3-4,7-8,13,17H,5-6H2,1-2H3. The van der Waals surface area contributed by atoms with Gasteiger partial charge in [0.1, 0.15) is 5.76 Å². The van der Waals surface area contributed by atoms with Crippen LogP contribution in [-0.2, 0) is 6.42 Å². The first-order valence-corrected chi connectivity index (χ1v) is 7.12. The van der Waals surface area contributed by atoms with E-state index in [2.05, 4.69) is 18.8 Å². The minimum atomic E-state index is -0.521. The molecule has 0 aromatic carbocycles. The van der Waals surface area contributed by atoms with Gasteiger partial charge in [0.2, 0.25) is 0 Å². The van der Waals surface area contributed by atoms with Crippen LogP contribution >= 0.6 is 11.3 Å². The average Bonchev–Trinajstić information content (AvgIpc) is 3.08. The van der Waals surface area contributed by atoms with Gasteiger partial charge in [-0.3, -0.25) is 4.40 Å². The van der Waals surface area contributed by atoms with Gasteiger partial charge in [-0.2, -0.15) is 0 Å². The lowest BCUT2D eigenvalue weighted by Crippen LogP contribution is -2.03. The third kappa shape index (κ3) is 2.19. The Morgan fingerprint density at radius 3 is 3.05 bits per heavy atom. The molecule has 19 heavy (non-hydrogen) atoms. The molecule has 0 amide bonds. The molecule has 5 heteroatoms. The second kappa shape index (κ2) is 4.83. The summed E-state index contributed by atoms with van der Waals surface area (Å²) in [6.07, 6.45) is 4.27. The topological polar surface area (TPSA) is 50.7 Å². The van der Waals surface area contributed by atoms with Crippen molar-refractivity contribution in [3.8, 4) is 0 Å². The summed E-state index contributed by atoms with van der Waals surface area (Å²) in [5, 5.41) is 10.3. The molecule has 0 fully saturated rings. The molecule has 0 aliphatic carbocycles. The highest BCUT2D eigenvalue weighted by molar-refractivity contribution is 7.17. The number of hydrogen-bond donors (Lipinski definition) is 1. The number of aryl methyl sites for hydroxylation is 3. The predicted molar refractivity (Wildman–Crippen MR) is 74.5 cm³/mol. The predicted octanol–water partition coefficient (Wildman–Crippen LogP) is 3.27. The normalized spacial score (nSPS) is 13.2. The van der Waals surface area contributed by atoms with Crippen molar-refractivity contribution >= 4 is 16.3 Å². The molecule has 1 unspecified atom stereocenters. The Morgan fingerprint density at radius 2 is 2.32 bits per heavy atom. The minimum absolute atomic E-state index is 0.521.